The normalized spacial score (nSPS) is 23.0. The highest BCUT2D eigenvalue weighted by molar-refractivity contribution is 5.72. The monoisotopic (exact) mass is 253 g/mol. The van der Waals surface area contributed by atoms with E-state index in [1.807, 2.05) is 18.0 Å². The second-order valence-electron chi connectivity index (χ2n) is 4.52. The van der Waals surface area contributed by atoms with Gasteiger partial charge in [0.15, 0.2) is 6.10 Å². The van der Waals surface area contributed by atoms with Crippen LogP contribution in [0.25, 0.3) is 0 Å². The molecule has 1 fully saturated rings. The van der Waals surface area contributed by atoms with Gasteiger partial charge in [0.05, 0.1) is 6.10 Å². The molecule has 18 heavy (non-hydrogen) atoms. The zero-order valence-corrected chi connectivity index (χ0v) is 10.2. The molecular formula is C13H16FNO3. The lowest BCUT2D eigenvalue weighted by atomic mass is 10.2. The first kappa shape index (κ1) is 12.8. The lowest BCUT2D eigenvalue weighted by Gasteiger charge is -2.23. The Balaban J connectivity index is 1.92. The Morgan fingerprint density at radius 2 is 2.33 bits per heavy atom. The van der Waals surface area contributed by atoms with Gasteiger partial charge < -0.3 is 14.7 Å². The molecule has 4 nitrogen and oxygen atoms in total. The van der Waals surface area contributed by atoms with Gasteiger partial charge in [-0.3, -0.25) is 0 Å². The fourth-order valence-electron chi connectivity index (χ4n) is 2.15. The van der Waals surface area contributed by atoms with Crippen LogP contribution in [0.15, 0.2) is 24.3 Å². The number of likely N-dealkylation sites (N-methyl/N-ethyl adjacent to an activating group) is 1. The number of benzene rings is 1. The summed E-state index contributed by atoms with van der Waals surface area (Å²) >= 11 is 0. The van der Waals surface area contributed by atoms with Gasteiger partial charge in [0.25, 0.3) is 0 Å². The van der Waals surface area contributed by atoms with E-state index < -0.39 is 12.1 Å². The number of ether oxygens (including phenoxy) is 1. The van der Waals surface area contributed by atoms with Crippen molar-refractivity contribution in [1.82, 2.24) is 0 Å². The Morgan fingerprint density at radius 3 is 2.94 bits per heavy atom. The average molecular weight is 253 g/mol. The van der Waals surface area contributed by atoms with Crippen molar-refractivity contribution in [3.8, 4) is 0 Å². The highest BCUT2D eigenvalue weighted by Gasteiger charge is 2.30. The van der Waals surface area contributed by atoms with Crippen LogP contribution >= 0.6 is 0 Å². The van der Waals surface area contributed by atoms with Crippen molar-refractivity contribution in [1.29, 1.82) is 0 Å². The van der Waals surface area contributed by atoms with Crippen LogP contribution in [0.4, 0.5) is 10.1 Å². The summed E-state index contributed by atoms with van der Waals surface area (Å²) in [6.45, 7) is 0.563. The van der Waals surface area contributed by atoms with Crippen LogP contribution < -0.4 is 4.90 Å². The van der Waals surface area contributed by atoms with Gasteiger partial charge in [-0.25, -0.2) is 9.18 Å². The van der Waals surface area contributed by atoms with E-state index in [1.165, 1.54) is 12.1 Å². The summed E-state index contributed by atoms with van der Waals surface area (Å²) in [6, 6.07) is 6.30. The summed E-state index contributed by atoms with van der Waals surface area (Å²) in [7, 11) is 1.84. The summed E-state index contributed by atoms with van der Waals surface area (Å²) in [5, 5.41) is 8.83. The molecule has 1 heterocycles. The first-order valence-electron chi connectivity index (χ1n) is 5.91. The van der Waals surface area contributed by atoms with E-state index in [-0.39, 0.29) is 11.9 Å². The Bertz CT molecular complexity index is 438. The minimum absolute atomic E-state index is 0.112. The zero-order chi connectivity index (χ0) is 13.1. The van der Waals surface area contributed by atoms with Crippen LogP contribution in [0.5, 0.6) is 0 Å². The van der Waals surface area contributed by atoms with E-state index >= 15 is 0 Å². The Labute approximate surface area is 105 Å². The standard InChI is InChI=1S/C13H16FNO3/c1-15(10-4-2-3-9(14)7-10)8-11-5-6-12(18-11)13(16)17/h2-4,7,11-12H,5-6,8H2,1H3,(H,16,17). The van der Waals surface area contributed by atoms with Gasteiger partial charge >= 0.3 is 5.97 Å². The van der Waals surface area contributed by atoms with E-state index in [1.54, 1.807) is 6.07 Å². The summed E-state index contributed by atoms with van der Waals surface area (Å²) in [6.07, 6.45) is 0.448. The van der Waals surface area contributed by atoms with Gasteiger partial charge in [-0.2, -0.15) is 0 Å². The molecule has 1 aliphatic heterocycles. The van der Waals surface area contributed by atoms with Crippen molar-refractivity contribution in [3.63, 3.8) is 0 Å². The zero-order valence-electron chi connectivity index (χ0n) is 10.2. The third-order valence-corrected chi connectivity index (χ3v) is 3.11. The van der Waals surface area contributed by atoms with Crippen molar-refractivity contribution in [2.75, 3.05) is 18.5 Å². The largest absolute Gasteiger partial charge is 0.479 e. The minimum Gasteiger partial charge on any atom is -0.479 e. The minimum atomic E-state index is -0.911. The van der Waals surface area contributed by atoms with Crippen LogP contribution in [-0.2, 0) is 9.53 Å². The number of carbonyl (C=O) groups is 1. The number of nitrogens with zero attached hydrogens (tertiary/aromatic N) is 1. The van der Waals surface area contributed by atoms with E-state index in [4.69, 9.17) is 9.84 Å². The first-order valence-corrected chi connectivity index (χ1v) is 5.91. The van der Waals surface area contributed by atoms with Gasteiger partial charge in [0, 0.05) is 19.3 Å². The molecular weight excluding hydrogens is 237 g/mol. The maximum atomic E-state index is 13.1. The summed E-state index contributed by atoms with van der Waals surface area (Å²) in [4.78, 5) is 12.6. The second kappa shape index (κ2) is 5.35. The van der Waals surface area contributed by atoms with Crippen LogP contribution in [0.2, 0.25) is 0 Å². The maximum absolute atomic E-state index is 13.1. The van der Waals surface area contributed by atoms with E-state index in [9.17, 15) is 9.18 Å². The number of rotatable bonds is 4. The molecule has 2 atom stereocenters. The smallest absolute Gasteiger partial charge is 0.332 e. The van der Waals surface area contributed by atoms with Crippen molar-refractivity contribution < 1.29 is 19.0 Å². The van der Waals surface area contributed by atoms with Crippen molar-refractivity contribution in [2.45, 2.75) is 25.0 Å². The van der Waals surface area contributed by atoms with Gasteiger partial charge in [0.1, 0.15) is 5.82 Å². The predicted molar refractivity (Wildman–Crippen MR) is 65.2 cm³/mol. The van der Waals surface area contributed by atoms with Crippen LogP contribution in [0.3, 0.4) is 0 Å². The van der Waals surface area contributed by atoms with E-state index in [0.717, 1.165) is 12.1 Å². The van der Waals surface area contributed by atoms with E-state index in [0.29, 0.717) is 13.0 Å². The maximum Gasteiger partial charge on any atom is 0.332 e. The Morgan fingerprint density at radius 1 is 1.56 bits per heavy atom. The third-order valence-electron chi connectivity index (χ3n) is 3.11. The lowest BCUT2D eigenvalue weighted by molar-refractivity contribution is -0.149. The molecule has 1 aromatic carbocycles. The molecule has 0 spiro atoms. The molecule has 0 aromatic heterocycles. The van der Waals surface area contributed by atoms with Crippen molar-refractivity contribution in [2.24, 2.45) is 0 Å². The lowest BCUT2D eigenvalue weighted by Crippen LogP contribution is -2.30. The first-order chi connectivity index (χ1) is 8.56. The quantitative estimate of drug-likeness (QED) is 0.890. The molecule has 0 bridgehead atoms. The molecule has 2 rings (SSSR count). The fraction of sp³-hybridized carbons (Fsp3) is 0.462. The van der Waals surface area contributed by atoms with E-state index in [2.05, 4.69) is 0 Å². The molecule has 0 aliphatic carbocycles. The molecule has 98 valence electrons. The summed E-state index contributed by atoms with van der Waals surface area (Å²) in [5.41, 5.74) is 0.761. The fourth-order valence-corrected chi connectivity index (χ4v) is 2.15. The number of anilines is 1. The molecule has 2 unspecified atom stereocenters. The molecule has 1 saturated heterocycles. The summed E-state index contributed by atoms with van der Waals surface area (Å²) in [5.74, 6) is -1.19. The number of halogens is 1. The highest BCUT2D eigenvalue weighted by Crippen LogP contribution is 2.22. The van der Waals surface area contributed by atoms with Crippen LogP contribution in [0, 0.1) is 5.82 Å². The molecule has 0 amide bonds. The number of hydrogen-bond acceptors (Lipinski definition) is 3. The Hall–Kier alpha value is -1.62. The van der Waals surface area contributed by atoms with Gasteiger partial charge in [0.2, 0.25) is 0 Å². The van der Waals surface area contributed by atoms with Crippen LogP contribution in [-0.4, -0.2) is 36.9 Å². The second-order valence-corrected chi connectivity index (χ2v) is 4.52. The molecule has 1 aromatic rings. The van der Waals surface area contributed by atoms with Gasteiger partial charge in [-0.1, -0.05) is 6.07 Å². The molecule has 0 radical (unpaired) electrons. The molecule has 1 N–H and O–H groups in total. The predicted octanol–water partition coefficient (Wildman–Crippen LogP) is 1.89. The molecule has 0 saturated carbocycles. The number of carboxylic acids is 1. The number of carboxylic acid groups (broad SMARTS) is 1. The molecule has 1 aliphatic rings. The van der Waals surface area contributed by atoms with Crippen molar-refractivity contribution >= 4 is 11.7 Å². The highest BCUT2D eigenvalue weighted by atomic mass is 19.1. The van der Waals surface area contributed by atoms with Crippen molar-refractivity contribution in [3.05, 3.63) is 30.1 Å². The van der Waals surface area contributed by atoms with Crippen LogP contribution in [0.1, 0.15) is 12.8 Å². The number of hydrogen-bond donors (Lipinski definition) is 1. The van der Waals surface area contributed by atoms with Gasteiger partial charge in [-0.05, 0) is 31.0 Å². The Kier molecular flexibility index (Phi) is 3.81. The third kappa shape index (κ3) is 2.98. The molecule has 5 heteroatoms. The SMILES string of the molecule is CN(CC1CCC(C(=O)O)O1)c1cccc(F)c1. The average Bonchev–Trinajstić information content (AvgIpc) is 2.77. The number of aliphatic carboxylic acids is 1. The topological polar surface area (TPSA) is 49.8 Å². The summed E-state index contributed by atoms with van der Waals surface area (Å²) < 4.78 is 18.5. The van der Waals surface area contributed by atoms with Gasteiger partial charge in [-0.15, -0.1) is 0 Å².